The molecule has 1 fully saturated rings. The third-order valence-corrected chi connectivity index (χ3v) is 10.4. The van der Waals surface area contributed by atoms with Crippen molar-refractivity contribution in [2.75, 3.05) is 29.6 Å². The van der Waals surface area contributed by atoms with Gasteiger partial charge in [-0.15, -0.1) is 0 Å². The predicted octanol–water partition coefficient (Wildman–Crippen LogP) is 6.30. The van der Waals surface area contributed by atoms with Crippen molar-refractivity contribution >= 4 is 34.8 Å². The van der Waals surface area contributed by atoms with Gasteiger partial charge in [-0.2, -0.15) is 0 Å². The lowest BCUT2D eigenvalue weighted by Gasteiger charge is -2.32. The average molecular weight is 692 g/mol. The van der Waals surface area contributed by atoms with Crippen LogP contribution < -0.4 is 14.5 Å². The summed E-state index contributed by atoms with van der Waals surface area (Å²) in [5.41, 5.74) is 1.12. The standard InChI is InChI=1S/C41H42FN3O6/c1-27-38(40(2,3)42)35(23-36(47)43(21-22-46)24-28-11-5-4-6-12-28)51-41(27)31-13-7-8-14-32(31)44(39(41)49)25-29-17-19-30(20-18-29)45-33-15-9-10-16-34(33)50-26-37(45)48/h4-20,27,35,38,46H,21-26H2,1-3H3/t27-,35+,38-,41+/m1/s1. The van der Waals surface area contributed by atoms with Gasteiger partial charge in [0.25, 0.3) is 11.8 Å². The average Bonchev–Trinajstić information content (AvgIpc) is 3.55. The summed E-state index contributed by atoms with van der Waals surface area (Å²) in [6, 6.07) is 31.8. The van der Waals surface area contributed by atoms with Crippen LogP contribution in [-0.2, 0) is 37.8 Å². The number of carbonyl (C=O) groups excluding carboxylic acids is 3. The van der Waals surface area contributed by atoms with E-state index in [0.717, 1.165) is 11.1 Å². The van der Waals surface area contributed by atoms with Crippen LogP contribution in [0, 0.1) is 11.8 Å². The Labute approximate surface area is 297 Å². The monoisotopic (exact) mass is 691 g/mol. The molecule has 264 valence electrons. The zero-order chi connectivity index (χ0) is 35.9. The minimum atomic E-state index is -1.77. The highest BCUT2D eigenvalue weighted by Gasteiger charge is 2.66. The number of halogens is 1. The molecule has 3 amide bonds. The van der Waals surface area contributed by atoms with Crippen LogP contribution in [0.15, 0.2) is 103 Å². The van der Waals surface area contributed by atoms with Crippen molar-refractivity contribution in [1.82, 2.24) is 4.90 Å². The lowest BCUT2D eigenvalue weighted by molar-refractivity contribution is -0.150. The number of hydrogen-bond acceptors (Lipinski definition) is 6. The maximum Gasteiger partial charge on any atom is 0.269 e. The number of aliphatic hydroxyl groups is 1. The maximum atomic E-state index is 16.2. The lowest BCUT2D eigenvalue weighted by atomic mass is 9.71. The molecular weight excluding hydrogens is 649 g/mol. The van der Waals surface area contributed by atoms with E-state index in [2.05, 4.69) is 0 Å². The van der Waals surface area contributed by atoms with Crippen molar-refractivity contribution in [3.63, 3.8) is 0 Å². The number of nitrogens with zero attached hydrogens (tertiary/aromatic N) is 3. The molecule has 0 saturated carbocycles. The van der Waals surface area contributed by atoms with Gasteiger partial charge in [0.15, 0.2) is 12.2 Å². The maximum absolute atomic E-state index is 16.2. The third kappa shape index (κ3) is 6.16. The van der Waals surface area contributed by atoms with Gasteiger partial charge >= 0.3 is 0 Å². The largest absolute Gasteiger partial charge is 0.482 e. The molecule has 9 nitrogen and oxygen atoms in total. The van der Waals surface area contributed by atoms with Crippen molar-refractivity contribution in [3.8, 4) is 5.75 Å². The number of alkyl halides is 1. The first kappa shape index (κ1) is 34.4. The molecule has 7 rings (SSSR count). The van der Waals surface area contributed by atoms with E-state index in [1.807, 2.05) is 110 Å². The Morgan fingerprint density at radius 1 is 0.922 bits per heavy atom. The van der Waals surface area contributed by atoms with Crippen molar-refractivity contribution in [2.24, 2.45) is 11.8 Å². The van der Waals surface area contributed by atoms with Gasteiger partial charge in [0, 0.05) is 36.2 Å². The second kappa shape index (κ2) is 13.6. The number of benzene rings is 4. The van der Waals surface area contributed by atoms with Gasteiger partial charge in [-0.25, -0.2) is 4.39 Å². The number of amides is 3. The lowest BCUT2D eigenvalue weighted by Crippen LogP contribution is -2.45. The Morgan fingerprint density at radius 2 is 1.59 bits per heavy atom. The molecule has 3 aliphatic rings. The summed E-state index contributed by atoms with van der Waals surface area (Å²) in [5.74, 6) is -1.53. The molecule has 0 radical (unpaired) electrons. The number of carbonyl (C=O) groups is 3. The Balaban J connectivity index is 1.16. The van der Waals surface area contributed by atoms with Gasteiger partial charge in [0.2, 0.25) is 5.91 Å². The molecule has 3 heterocycles. The van der Waals surface area contributed by atoms with E-state index in [1.165, 1.54) is 13.8 Å². The van der Waals surface area contributed by atoms with Crippen molar-refractivity contribution in [1.29, 1.82) is 0 Å². The van der Waals surface area contributed by atoms with E-state index in [-0.39, 0.29) is 57.0 Å². The normalized spacial score (nSPS) is 22.6. The summed E-state index contributed by atoms with van der Waals surface area (Å²) in [6.07, 6.45) is -1.04. The molecule has 10 heteroatoms. The highest BCUT2D eigenvalue weighted by Crippen LogP contribution is 2.58. The molecular formula is C41H42FN3O6. The van der Waals surface area contributed by atoms with Crippen molar-refractivity contribution < 1.29 is 33.4 Å². The van der Waals surface area contributed by atoms with Gasteiger partial charge in [-0.1, -0.05) is 79.7 Å². The second-order valence-corrected chi connectivity index (χ2v) is 14.1. The summed E-state index contributed by atoms with van der Waals surface area (Å²) in [5, 5.41) is 9.78. The van der Waals surface area contributed by atoms with Gasteiger partial charge in [-0.3, -0.25) is 19.3 Å². The molecule has 1 N–H and O–H groups in total. The SMILES string of the molecule is C[C@@H]1[C@@H](C(C)(C)F)[C@H](CC(=O)N(CCO)Cc2ccccc2)O[C@@]12C(=O)N(Cc1ccc(N3C(=O)COc4ccccc43)cc1)c1ccccc12. The molecule has 1 spiro atoms. The zero-order valence-electron chi connectivity index (χ0n) is 29.0. The van der Waals surface area contributed by atoms with E-state index < -0.39 is 29.2 Å². The molecule has 4 aromatic rings. The quantitative estimate of drug-likeness (QED) is 0.210. The van der Waals surface area contributed by atoms with Gasteiger partial charge < -0.3 is 24.4 Å². The molecule has 51 heavy (non-hydrogen) atoms. The first-order chi connectivity index (χ1) is 24.5. The second-order valence-electron chi connectivity index (χ2n) is 14.1. The zero-order valence-corrected chi connectivity index (χ0v) is 29.0. The Kier molecular flexibility index (Phi) is 9.16. The minimum absolute atomic E-state index is 0.0616. The molecule has 0 bridgehead atoms. The Hall–Kier alpha value is -5.06. The highest BCUT2D eigenvalue weighted by atomic mass is 19.1. The number of fused-ring (bicyclic) bond motifs is 3. The van der Waals surface area contributed by atoms with Crippen LogP contribution in [0.5, 0.6) is 5.75 Å². The van der Waals surface area contributed by atoms with E-state index in [1.54, 1.807) is 14.7 Å². The molecule has 0 unspecified atom stereocenters. The van der Waals surface area contributed by atoms with Crippen LogP contribution in [0.4, 0.5) is 21.5 Å². The van der Waals surface area contributed by atoms with Crippen LogP contribution in [0.2, 0.25) is 0 Å². The number of para-hydroxylation sites is 3. The van der Waals surface area contributed by atoms with E-state index in [0.29, 0.717) is 28.4 Å². The smallest absolute Gasteiger partial charge is 0.269 e. The molecule has 4 atom stereocenters. The molecule has 0 aliphatic carbocycles. The summed E-state index contributed by atoms with van der Waals surface area (Å²) in [7, 11) is 0. The number of ether oxygens (including phenoxy) is 2. The van der Waals surface area contributed by atoms with Crippen LogP contribution in [-0.4, -0.2) is 59.3 Å². The number of hydrogen-bond donors (Lipinski definition) is 1. The van der Waals surface area contributed by atoms with Gasteiger partial charge in [0.05, 0.1) is 37.1 Å². The molecule has 0 aromatic heterocycles. The summed E-state index contributed by atoms with van der Waals surface area (Å²) in [4.78, 5) is 46.3. The van der Waals surface area contributed by atoms with Crippen LogP contribution >= 0.6 is 0 Å². The topological polar surface area (TPSA) is 99.6 Å². The van der Waals surface area contributed by atoms with Crippen LogP contribution in [0.25, 0.3) is 0 Å². The van der Waals surface area contributed by atoms with Crippen LogP contribution in [0.3, 0.4) is 0 Å². The number of rotatable bonds is 10. The first-order valence-corrected chi connectivity index (χ1v) is 17.4. The predicted molar refractivity (Wildman–Crippen MR) is 191 cm³/mol. The van der Waals surface area contributed by atoms with Gasteiger partial charge in [0.1, 0.15) is 11.4 Å². The van der Waals surface area contributed by atoms with E-state index >= 15 is 4.39 Å². The fourth-order valence-corrected chi connectivity index (χ4v) is 8.19. The molecule has 4 aromatic carbocycles. The first-order valence-electron chi connectivity index (χ1n) is 17.4. The minimum Gasteiger partial charge on any atom is -0.482 e. The number of anilines is 3. The van der Waals surface area contributed by atoms with E-state index in [9.17, 15) is 19.5 Å². The van der Waals surface area contributed by atoms with Gasteiger partial charge in [-0.05, 0) is 55.3 Å². The molecule has 1 saturated heterocycles. The fourth-order valence-electron chi connectivity index (χ4n) is 8.19. The van der Waals surface area contributed by atoms with Crippen molar-refractivity contribution in [2.45, 2.75) is 57.7 Å². The Morgan fingerprint density at radius 3 is 2.29 bits per heavy atom. The Bertz CT molecular complexity index is 1930. The summed E-state index contributed by atoms with van der Waals surface area (Å²) < 4.78 is 28.6. The third-order valence-electron chi connectivity index (χ3n) is 10.4. The summed E-state index contributed by atoms with van der Waals surface area (Å²) >= 11 is 0. The van der Waals surface area contributed by atoms with Crippen molar-refractivity contribution in [3.05, 3.63) is 120 Å². The summed E-state index contributed by atoms with van der Waals surface area (Å²) in [6.45, 7) is 5.14. The number of aliphatic hydroxyl groups excluding tert-OH is 1. The van der Waals surface area contributed by atoms with Crippen LogP contribution in [0.1, 0.15) is 43.9 Å². The molecule has 3 aliphatic heterocycles. The van der Waals surface area contributed by atoms with E-state index in [4.69, 9.17) is 9.47 Å². The highest BCUT2D eigenvalue weighted by molar-refractivity contribution is 6.08. The fraction of sp³-hybridized carbons (Fsp3) is 0.341.